The molecular weight excluding hydrogens is 248 g/mol. The Kier molecular flexibility index (Phi) is 4.27. The molecule has 19 heavy (non-hydrogen) atoms. The number of ether oxygens (including phenoxy) is 3. The Balaban J connectivity index is 2.33. The lowest BCUT2D eigenvalue weighted by Gasteiger charge is -2.20. The largest absolute Gasteiger partial charge is 0.493 e. The first kappa shape index (κ1) is 13.7. The van der Waals surface area contributed by atoms with Gasteiger partial charge in [0.25, 0.3) is 0 Å². The van der Waals surface area contributed by atoms with Crippen LogP contribution in [0, 0.1) is 0 Å². The van der Waals surface area contributed by atoms with Crippen LogP contribution in [0.25, 0.3) is 0 Å². The predicted molar refractivity (Wildman–Crippen MR) is 68.9 cm³/mol. The van der Waals surface area contributed by atoms with Gasteiger partial charge in [-0.15, -0.1) is 0 Å². The van der Waals surface area contributed by atoms with Crippen LogP contribution in [0.2, 0.25) is 0 Å². The maximum atomic E-state index is 11.2. The summed E-state index contributed by atoms with van der Waals surface area (Å²) in [5, 5.41) is 9.16. The summed E-state index contributed by atoms with van der Waals surface area (Å²) in [4.78, 5) is 11.2. The molecule has 0 aromatic heterocycles. The van der Waals surface area contributed by atoms with E-state index in [9.17, 15) is 4.79 Å². The molecule has 5 heteroatoms. The minimum atomic E-state index is -0.888. The van der Waals surface area contributed by atoms with Crippen LogP contribution in [0.3, 0.4) is 0 Å². The summed E-state index contributed by atoms with van der Waals surface area (Å²) in [7, 11) is 1.54. The molecule has 1 saturated heterocycles. The summed E-state index contributed by atoms with van der Waals surface area (Å²) in [6, 6.07) is 5.29. The van der Waals surface area contributed by atoms with Crippen molar-refractivity contribution in [3.63, 3.8) is 0 Å². The van der Waals surface area contributed by atoms with Crippen molar-refractivity contribution in [1.29, 1.82) is 0 Å². The number of hydrogen-bond acceptors (Lipinski definition) is 4. The minimum Gasteiger partial charge on any atom is -0.493 e. The van der Waals surface area contributed by atoms with Gasteiger partial charge in [0.2, 0.25) is 0 Å². The van der Waals surface area contributed by atoms with Crippen LogP contribution in [0.1, 0.15) is 24.8 Å². The smallest absolute Gasteiger partial charge is 0.310 e. The van der Waals surface area contributed by atoms with E-state index in [0.717, 1.165) is 6.42 Å². The molecule has 1 aliphatic rings. The highest BCUT2D eigenvalue weighted by atomic mass is 16.6. The molecule has 1 aromatic carbocycles. The monoisotopic (exact) mass is 266 g/mol. The molecule has 1 aromatic rings. The van der Waals surface area contributed by atoms with Crippen molar-refractivity contribution in [3.05, 3.63) is 23.8 Å². The molecule has 1 heterocycles. The van der Waals surface area contributed by atoms with E-state index in [1.165, 1.54) is 0 Å². The summed E-state index contributed by atoms with van der Waals surface area (Å²) in [5.74, 6) is -0.471. The summed E-state index contributed by atoms with van der Waals surface area (Å²) in [5.41, 5.74) is 0.624. The third-order valence-corrected chi connectivity index (χ3v) is 3.24. The van der Waals surface area contributed by atoms with Gasteiger partial charge >= 0.3 is 5.97 Å². The Hall–Kier alpha value is -1.75. The van der Waals surface area contributed by atoms with Crippen LogP contribution < -0.4 is 9.47 Å². The van der Waals surface area contributed by atoms with Crippen molar-refractivity contribution in [2.24, 2.45) is 0 Å². The molecule has 0 saturated carbocycles. The van der Waals surface area contributed by atoms with Crippen LogP contribution in [-0.4, -0.2) is 37.5 Å². The highest BCUT2D eigenvalue weighted by Gasteiger charge is 2.25. The van der Waals surface area contributed by atoms with Gasteiger partial charge in [-0.25, -0.2) is 0 Å². The fourth-order valence-corrected chi connectivity index (χ4v) is 2.07. The first-order chi connectivity index (χ1) is 9.13. The molecule has 0 spiro atoms. The van der Waals surface area contributed by atoms with Crippen LogP contribution in [0.15, 0.2) is 18.2 Å². The number of methoxy groups -OCH3 is 1. The van der Waals surface area contributed by atoms with Crippen LogP contribution in [0.4, 0.5) is 0 Å². The van der Waals surface area contributed by atoms with E-state index in [2.05, 4.69) is 0 Å². The molecule has 0 amide bonds. The van der Waals surface area contributed by atoms with Gasteiger partial charge in [0.05, 0.1) is 26.2 Å². The normalized spacial score (nSPS) is 20.0. The van der Waals surface area contributed by atoms with Crippen molar-refractivity contribution in [3.8, 4) is 11.5 Å². The Morgan fingerprint density at radius 3 is 2.89 bits per heavy atom. The first-order valence-corrected chi connectivity index (χ1v) is 6.27. The van der Waals surface area contributed by atoms with Gasteiger partial charge in [0.15, 0.2) is 11.5 Å². The minimum absolute atomic E-state index is 0.0453. The van der Waals surface area contributed by atoms with E-state index in [1.807, 2.05) is 0 Å². The summed E-state index contributed by atoms with van der Waals surface area (Å²) in [6.07, 6.45) is 0.759. The Bertz CT molecular complexity index is 451. The van der Waals surface area contributed by atoms with E-state index >= 15 is 0 Å². The molecule has 2 rings (SSSR count). The van der Waals surface area contributed by atoms with Gasteiger partial charge in [-0.05, 0) is 13.0 Å². The molecule has 0 aliphatic carbocycles. The molecule has 104 valence electrons. The Morgan fingerprint density at radius 2 is 2.32 bits per heavy atom. The molecule has 2 unspecified atom stereocenters. The van der Waals surface area contributed by atoms with Gasteiger partial charge < -0.3 is 19.3 Å². The van der Waals surface area contributed by atoms with Gasteiger partial charge in [-0.1, -0.05) is 12.1 Å². The second kappa shape index (κ2) is 5.93. The number of carboxylic acid groups (broad SMARTS) is 1. The van der Waals surface area contributed by atoms with Crippen LogP contribution in [0.5, 0.6) is 11.5 Å². The van der Waals surface area contributed by atoms with Crippen LogP contribution in [-0.2, 0) is 9.53 Å². The number of hydrogen-bond donors (Lipinski definition) is 1. The third-order valence-electron chi connectivity index (χ3n) is 3.24. The summed E-state index contributed by atoms with van der Waals surface area (Å²) in [6.45, 7) is 2.83. The fraction of sp³-hybridized carbons (Fsp3) is 0.500. The SMILES string of the molecule is COc1cccc(C(C)C(=O)O)c1OC1CCOC1. The molecule has 0 radical (unpaired) electrons. The van der Waals surface area contributed by atoms with E-state index in [-0.39, 0.29) is 6.10 Å². The first-order valence-electron chi connectivity index (χ1n) is 6.27. The lowest BCUT2D eigenvalue weighted by atomic mass is 10.00. The van der Waals surface area contributed by atoms with E-state index in [1.54, 1.807) is 32.2 Å². The number of rotatable bonds is 5. The molecule has 1 fully saturated rings. The molecule has 2 atom stereocenters. The maximum Gasteiger partial charge on any atom is 0.310 e. The maximum absolute atomic E-state index is 11.2. The zero-order valence-corrected chi connectivity index (χ0v) is 11.1. The summed E-state index contributed by atoms with van der Waals surface area (Å²) < 4.78 is 16.4. The molecule has 5 nitrogen and oxygen atoms in total. The summed E-state index contributed by atoms with van der Waals surface area (Å²) >= 11 is 0. The van der Waals surface area contributed by atoms with E-state index in [4.69, 9.17) is 19.3 Å². The van der Waals surface area contributed by atoms with Gasteiger partial charge in [-0.2, -0.15) is 0 Å². The van der Waals surface area contributed by atoms with Gasteiger partial charge in [0, 0.05) is 12.0 Å². The lowest BCUT2D eigenvalue weighted by molar-refractivity contribution is -0.138. The third kappa shape index (κ3) is 2.98. The van der Waals surface area contributed by atoms with Crippen molar-refractivity contribution < 1.29 is 24.1 Å². The Labute approximate surface area is 112 Å². The molecule has 1 N–H and O–H groups in total. The molecular formula is C14H18O5. The van der Waals surface area contributed by atoms with Crippen molar-refractivity contribution in [2.75, 3.05) is 20.3 Å². The predicted octanol–water partition coefficient (Wildman–Crippen LogP) is 2.05. The highest BCUT2D eigenvalue weighted by molar-refractivity contribution is 5.77. The number of para-hydroxylation sites is 1. The standard InChI is InChI=1S/C14H18O5/c1-9(14(15)16)11-4-3-5-12(17-2)13(11)19-10-6-7-18-8-10/h3-5,9-10H,6-8H2,1-2H3,(H,15,16). The fourth-order valence-electron chi connectivity index (χ4n) is 2.07. The highest BCUT2D eigenvalue weighted by Crippen LogP contribution is 2.37. The average Bonchev–Trinajstić information content (AvgIpc) is 2.91. The number of carboxylic acids is 1. The second-order valence-electron chi connectivity index (χ2n) is 4.54. The van der Waals surface area contributed by atoms with Crippen molar-refractivity contribution >= 4 is 5.97 Å². The van der Waals surface area contributed by atoms with Gasteiger partial charge in [-0.3, -0.25) is 4.79 Å². The second-order valence-corrected chi connectivity index (χ2v) is 4.54. The number of carbonyl (C=O) groups is 1. The molecule has 0 bridgehead atoms. The average molecular weight is 266 g/mol. The Morgan fingerprint density at radius 1 is 1.53 bits per heavy atom. The molecule has 1 aliphatic heterocycles. The zero-order chi connectivity index (χ0) is 13.8. The number of benzene rings is 1. The van der Waals surface area contributed by atoms with Crippen molar-refractivity contribution in [1.82, 2.24) is 0 Å². The van der Waals surface area contributed by atoms with Crippen LogP contribution >= 0.6 is 0 Å². The zero-order valence-electron chi connectivity index (χ0n) is 11.1. The lowest BCUT2D eigenvalue weighted by Crippen LogP contribution is -2.19. The quantitative estimate of drug-likeness (QED) is 0.883. The topological polar surface area (TPSA) is 65.0 Å². The van der Waals surface area contributed by atoms with E-state index in [0.29, 0.717) is 30.3 Å². The van der Waals surface area contributed by atoms with E-state index < -0.39 is 11.9 Å². The number of aliphatic carboxylic acids is 1. The van der Waals surface area contributed by atoms with Crippen molar-refractivity contribution in [2.45, 2.75) is 25.4 Å². The van der Waals surface area contributed by atoms with Gasteiger partial charge in [0.1, 0.15) is 6.10 Å².